The molecule has 1 unspecified atom stereocenters. The number of nitrogens with one attached hydrogen (secondary N) is 1. The van der Waals surface area contributed by atoms with Crippen molar-refractivity contribution in [3.8, 4) is 5.75 Å². The molecular weight excluding hydrogens is 368 g/mol. The predicted octanol–water partition coefficient (Wildman–Crippen LogP) is 4.14. The van der Waals surface area contributed by atoms with Gasteiger partial charge in [-0.05, 0) is 52.9 Å². The van der Waals surface area contributed by atoms with E-state index < -0.39 is 0 Å². The summed E-state index contributed by atoms with van der Waals surface area (Å²) in [6, 6.07) is 12.8. The van der Waals surface area contributed by atoms with Crippen LogP contribution in [0.4, 0.5) is 4.39 Å². The van der Waals surface area contributed by atoms with Crippen LogP contribution in [0.1, 0.15) is 24.1 Å². The third-order valence-corrected chi connectivity index (χ3v) is 4.07. The molecule has 0 radical (unpaired) electrons. The van der Waals surface area contributed by atoms with Crippen molar-refractivity contribution < 1.29 is 9.13 Å². The van der Waals surface area contributed by atoms with E-state index in [1.54, 1.807) is 13.2 Å². The Morgan fingerprint density at radius 2 is 1.95 bits per heavy atom. The Balaban J connectivity index is 2.50. The van der Waals surface area contributed by atoms with Crippen LogP contribution in [0, 0.1) is 9.39 Å². The highest BCUT2D eigenvalue weighted by atomic mass is 127. The average Bonchev–Trinajstić information content (AvgIpc) is 2.45. The molecule has 0 aliphatic rings. The van der Waals surface area contributed by atoms with Crippen LogP contribution in [-0.4, -0.2) is 13.7 Å². The molecule has 1 atom stereocenters. The molecule has 0 heterocycles. The maximum atomic E-state index is 13.3. The van der Waals surface area contributed by atoms with Gasteiger partial charge in [0, 0.05) is 9.13 Å². The standard InChI is InChI=1S/C16H17FINO/c1-3-19-16(12-9-8-11(17)10-14(12)18)13-6-4-5-7-15(13)20-2/h4-10,16,19H,3H2,1-2H3. The lowest BCUT2D eigenvalue weighted by molar-refractivity contribution is 0.404. The second-order valence-electron chi connectivity index (χ2n) is 4.40. The Morgan fingerprint density at radius 1 is 1.20 bits per heavy atom. The lowest BCUT2D eigenvalue weighted by atomic mass is 9.97. The zero-order valence-corrected chi connectivity index (χ0v) is 13.6. The fourth-order valence-corrected chi connectivity index (χ4v) is 3.02. The maximum absolute atomic E-state index is 13.3. The third kappa shape index (κ3) is 3.30. The van der Waals surface area contributed by atoms with Gasteiger partial charge in [-0.1, -0.05) is 31.2 Å². The number of para-hydroxylation sites is 1. The molecule has 20 heavy (non-hydrogen) atoms. The van der Waals surface area contributed by atoms with Gasteiger partial charge in [0.05, 0.1) is 13.2 Å². The van der Waals surface area contributed by atoms with Crippen molar-refractivity contribution in [1.29, 1.82) is 0 Å². The summed E-state index contributed by atoms with van der Waals surface area (Å²) in [5, 5.41) is 3.44. The SMILES string of the molecule is CCNC(c1ccc(F)cc1I)c1ccccc1OC. The molecular formula is C16H17FINO. The highest BCUT2D eigenvalue weighted by molar-refractivity contribution is 14.1. The van der Waals surface area contributed by atoms with E-state index >= 15 is 0 Å². The van der Waals surface area contributed by atoms with Crippen molar-refractivity contribution in [3.63, 3.8) is 0 Å². The average molecular weight is 385 g/mol. The smallest absolute Gasteiger partial charge is 0.124 e. The quantitative estimate of drug-likeness (QED) is 0.782. The minimum absolute atomic E-state index is 0.0105. The van der Waals surface area contributed by atoms with E-state index in [1.165, 1.54) is 6.07 Å². The van der Waals surface area contributed by atoms with Crippen molar-refractivity contribution in [2.45, 2.75) is 13.0 Å². The summed E-state index contributed by atoms with van der Waals surface area (Å²) in [7, 11) is 1.66. The topological polar surface area (TPSA) is 21.3 Å². The van der Waals surface area contributed by atoms with Gasteiger partial charge in [-0.2, -0.15) is 0 Å². The summed E-state index contributed by atoms with van der Waals surface area (Å²) in [4.78, 5) is 0. The van der Waals surface area contributed by atoms with Crippen molar-refractivity contribution in [1.82, 2.24) is 5.32 Å². The Hall–Kier alpha value is -1.14. The molecule has 0 aliphatic carbocycles. The molecule has 2 aromatic carbocycles. The molecule has 2 nitrogen and oxygen atoms in total. The predicted molar refractivity (Wildman–Crippen MR) is 87.6 cm³/mol. The van der Waals surface area contributed by atoms with E-state index in [9.17, 15) is 4.39 Å². The van der Waals surface area contributed by atoms with E-state index in [0.717, 1.165) is 27.0 Å². The molecule has 0 saturated heterocycles. The van der Waals surface area contributed by atoms with E-state index in [2.05, 4.69) is 34.8 Å². The van der Waals surface area contributed by atoms with Crippen LogP contribution in [0.2, 0.25) is 0 Å². The van der Waals surface area contributed by atoms with Crippen LogP contribution in [0.5, 0.6) is 5.75 Å². The fraction of sp³-hybridized carbons (Fsp3) is 0.250. The van der Waals surface area contributed by atoms with Crippen molar-refractivity contribution in [2.75, 3.05) is 13.7 Å². The molecule has 0 fully saturated rings. The number of benzene rings is 2. The third-order valence-electron chi connectivity index (χ3n) is 3.13. The van der Waals surface area contributed by atoms with E-state index in [1.807, 2.05) is 30.3 Å². The van der Waals surface area contributed by atoms with Gasteiger partial charge in [-0.25, -0.2) is 4.39 Å². The van der Waals surface area contributed by atoms with Gasteiger partial charge in [0.25, 0.3) is 0 Å². The Bertz CT molecular complexity index is 588. The van der Waals surface area contributed by atoms with Crippen molar-refractivity contribution >= 4 is 22.6 Å². The number of rotatable bonds is 5. The fourth-order valence-electron chi connectivity index (χ4n) is 2.23. The molecule has 4 heteroatoms. The molecule has 0 saturated carbocycles. The van der Waals surface area contributed by atoms with Gasteiger partial charge in [0.2, 0.25) is 0 Å². The molecule has 0 aromatic heterocycles. The van der Waals surface area contributed by atoms with Crippen molar-refractivity contribution in [3.05, 3.63) is 63.0 Å². The summed E-state index contributed by atoms with van der Waals surface area (Å²) in [6.07, 6.45) is 0. The zero-order chi connectivity index (χ0) is 14.5. The number of halogens is 2. The van der Waals surface area contributed by atoms with Crippen LogP contribution in [0.25, 0.3) is 0 Å². The van der Waals surface area contributed by atoms with Gasteiger partial charge in [-0.15, -0.1) is 0 Å². The second kappa shape index (κ2) is 7.04. The normalized spacial score (nSPS) is 12.2. The summed E-state index contributed by atoms with van der Waals surface area (Å²) in [6.45, 7) is 2.87. The summed E-state index contributed by atoms with van der Waals surface area (Å²) < 4.78 is 19.6. The number of hydrogen-bond acceptors (Lipinski definition) is 2. The summed E-state index contributed by atoms with van der Waals surface area (Å²) in [5.41, 5.74) is 2.11. The van der Waals surface area contributed by atoms with Gasteiger partial charge in [-0.3, -0.25) is 0 Å². The number of methoxy groups -OCH3 is 1. The number of ether oxygens (including phenoxy) is 1. The molecule has 2 rings (SSSR count). The first-order valence-electron chi connectivity index (χ1n) is 6.48. The molecule has 0 amide bonds. The molecule has 0 aliphatic heterocycles. The molecule has 106 valence electrons. The lowest BCUT2D eigenvalue weighted by Gasteiger charge is -2.22. The van der Waals surface area contributed by atoms with E-state index in [0.29, 0.717) is 0 Å². The van der Waals surface area contributed by atoms with Crippen LogP contribution < -0.4 is 10.1 Å². The maximum Gasteiger partial charge on any atom is 0.124 e. The summed E-state index contributed by atoms with van der Waals surface area (Å²) >= 11 is 2.17. The lowest BCUT2D eigenvalue weighted by Crippen LogP contribution is -2.23. The number of hydrogen-bond donors (Lipinski definition) is 1. The van der Waals surface area contributed by atoms with E-state index in [-0.39, 0.29) is 11.9 Å². The minimum atomic E-state index is -0.214. The second-order valence-corrected chi connectivity index (χ2v) is 5.56. The largest absolute Gasteiger partial charge is 0.496 e. The Kier molecular flexibility index (Phi) is 5.37. The van der Waals surface area contributed by atoms with Crippen LogP contribution in [0.15, 0.2) is 42.5 Å². The van der Waals surface area contributed by atoms with Gasteiger partial charge in [0.15, 0.2) is 0 Å². The highest BCUT2D eigenvalue weighted by Crippen LogP contribution is 2.32. The van der Waals surface area contributed by atoms with Crippen LogP contribution >= 0.6 is 22.6 Å². The first-order chi connectivity index (χ1) is 9.67. The molecule has 1 N–H and O–H groups in total. The van der Waals surface area contributed by atoms with Gasteiger partial charge in [0.1, 0.15) is 11.6 Å². The monoisotopic (exact) mass is 385 g/mol. The molecule has 0 spiro atoms. The van der Waals surface area contributed by atoms with Crippen molar-refractivity contribution in [2.24, 2.45) is 0 Å². The van der Waals surface area contributed by atoms with E-state index in [4.69, 9.17) is 4.74 Å². The Morgan fingerprint density at radius 3 is 2.60 bits per heavy atom. The van der Waals surface area contributed by atoms with Crippen LogP contribution in [-0.2, 0) is 0 Å². The first kappa shape index (κ1) is 15.3. The Labute approximate surface area is 132 Å². The summed E-state index contributed by atoms with van der Waals surface area (Å²) in [5.74, 6) is 0.618. The minimum Gasteiger partial charge on any atom is -0.496 e. The molecule has 0 bridgehead atoms. The van der Waals surface area contributed by atoms with Gasteiger partial charge >= 0.3 is 0 Å². The van der Waals surface area contributed by atoms with Gasteiger partial charge < -0.3 is 10.1 Å². The highest BCUT2D eigenvalue weighted by Gasteiger charge is 2.19. The molecule has 2 aromatic rings. The zero-order valence-electron chi connectivity index (χ0n) is 11.5. The first-order valence-corrected chi connectivity index (χ1v) is 7.56. The van der Waals surface area contributed by atoms with Crippen LogP contribution in [0.3, 0.4) is 0 Å².